The van der Waals surface area contributed by atoms with Crippen LogP contribution in [0.4, 0.5) is 0 Å². The summed E-state index contributed by atoms with van der Waals surface area (Å²) in [6.45, 7) is 0. The van der Waals surface area contributed by atoms with Crippen LogP contribution in [0.3, 0.4) is 0 Å². The van der Waals surface area contributed by atoms with Crippen LogP contribution < -0.4 is 0 Å². The Labute approximate surface area is 124 Å². The van der Waals surface area contributed by atoms with Gasteiger partial charge in [0.1, 0.15) is 0 Å². The SMILES string of the molecule is S=C1C=Cc2cccc3cccc1c23.[CaH2]. The minimum absolute atomic E-state index is 0. The molecule has 15 heavy (non-hydrogen) atoms. The summed E-state index contributed by atoms with van der Waals surface area (Å²) in [5.41, 5.74) is 2.46. The van der Waals surface area contributed by atoms with Crippen molar-refractivity contribution in [1.29, 1.82) is 0 Å². The van der Waals surface area contributed by atoms with Gasteiger partial charge >= 0.3 is 37.7 Å². The number of allylic oxidation sites excluding steroid dienone is 1. The Kier molecular flexibility index (Phi) is 3.27. The predicted octanol–water partition coefficient (Wildman–Crippen LogP) is 2.67. The van der Waals surface area contributed by atoms with Crippen molar-refractivity contribution in [2.75, 3.05) is 0 Å². The van der Waals surface area contributed by atoms with Gasteiger partial charge in [0.25, 0.3) is 0 Å². The maximum absolute atomic E-state index is 5.31. The van der Waals surface area contributed by atoms with Gasteiger partial charge in [0.05, 0.1) is 0 Å². The summed E-state index contributed by atoms with van der Waals surface area (Å²) < 4.78 is 0. The first kappa shape index (κ1) is 11.3. The molecule has 2 aromatic carbocycles. The van der Waals surface area contributed by atoms with Crippen molar-refractivity contribution in [3.8, 4) is 0 Å². The van der Waals surface area contributed by atoms with Crippen LogP contribution in [0.15, 0.2) is 42.5 Å². The van der Waals surface area contributed by atoms with E-state index in [4.69, 9.17) is 12.2 Å². The molecule has 0 aliphatic heterocycles. The average Bonchev–Trinajstić information content (AvgIpc) is 2.24. The van der Waals surface area contributed by atoms with Gasteiger partial charge in [-0.15, -0.1) is 0 Å². The molecule has 0 N–H and O–H groups in total. The van der Waals surface area contributed by atoms with E-state index in [0.717, 1.165) is 4.86 Å². The van der Waals surface area contributed by atoms with Gasteiger partial charge in [-0.1, -0.05) is 54.7 Å². The fourth-order valence-electron chi connectivity index (χ4n) is 1.97. The number of rotatable bonds is 0. The molecule has 3 rings (SSSR count). The van der Waals surface area contributed by atoms with Crippen LogP contribution >= 0.6 is 12.2 Å². The topological polar surface area (TPSA) is 0 Å². The van der Waals surface area contributed by atoms with Crippen LogP contribution in [0.5, 0.6) is 0 Å². The van der Waals surface area contributed by atoms with Crippen molar-refractivity contribution >= 4 is 71.7 Å². The molecule has 0 nitrogen and oxygen atoms in total. The molecule has 0 saturated heterocycles. The van der Waals surface area contributed by atoms with Gasteiger partial charge in [0.2, 0.25) is 0 Å². The fourth-order valence-corrected chi connectivity index (χ4v) is 2.21. The second kappa shape index (κ2) is 4.34. The van der Waals surface area contributed by atoms with Crippen molar-refractivity contribution in [2.45, 2.75) is 0 Å². The van der Waals surface area contributed by atoms with E-state index in [1.54, 1.807) is 0 Å². The van der Waals surface area contributed by atoms with Crippen LogP contribution in [0.25, 0.3) is 16.8 Å². The molecule has 1 aliphatic carbocycles. The molecule has 70 valence electrons. The number of thiocarbonyl (C=S) groups is 1. The van der Waals surface area contributed by atoms with Crippen LogP contribution in [-0.2, 0) is 0 Å². The number of benzene rings is 2. The van der Waals surface area contributed by atoms with Crippen molar-refractivity contribution in [3.63, 3.8) is 0 Å². The first-order chi connectivity index (χ1) is 6.86. The van der Waals surface area contributed by atoms with E-state index in [-0.39, 0.29) is 37.7 Å². The zero-order valence-electron chi connectivity index (χ0n) is 7.53. The van der Waals surface area contributed by atoms with Crippen molar-refractivity contribution in [3.05, 3.63) is 53.6 Å². The normalized spacial score (nSPS) is 12.7. The van der Waals surface area contributed by atoms with E-state index < -0.39 is 0 Å². The third-order valence-electron chi connectivity index (χ3n) is 2.62. The summed E-state index contributed by atoms with van der Waals surface area (Å²) in [7, 11) is 0. The van der Waals surface area contributed by atoms with Crippen molar-refractivity contribution in [2.24, 2.45) is 0 Å². The summed E-state index contributed by atoms with van der Waals surface area (Å²) in [6, 6.07) is 12.6. The molecule has 0 radical (unpaired) electrons. The third-order valence-corrected chi connectivity index (χ3v) is 2.97. The Balaban J connectivity index is 0.000000853. The molecule has 0 fully saturated rings. The molecule has 0 aromatic heterocycles. The first-order valence-electron chi connectivity index (χ1n) is 4.60. The molecule has 0 unspecified atom stereocenters. The number of hydrogen-bond donors (Lipinski definition) is 0. The molecule has 0 bridgehead atoms. The monoisotopic (exact) mass is 238 g/mol. The van der Waals surface area contributed by atoms with Crippen LogP contribution in [0.2, 0.25) is 0 Å². The summed E-state index contributed by atoms with van der Waals surface area (Å²) >= 11 is 5.31. The predicted molar refractivity (Wildman–Crippen MR) is 73.2 cm³/mol. The van der Waals surface area contributed by atoms with E-state index >= 15 is 0 Å². The summed E-state index contributed by atoms with van der Waals surface area (Å²) in [5.74, 6) is 0. The quantitative estimate of drug-likeness (QED) is 0.502. The zero-order chi connectivity index (χ0) is 9.54. The second-order valence-electron chi connectivity index (χ2n) is 3.45. The van der Waals surface area contributed by atoms with Gasteiger partial charge in [-0.3, -0.25) is 0 Å². The van der Waals surface area contributed by atoms with Crippen LogP contribution in [0, 0.1) is 0 Å². The second-order valence-corrected chi connectivity index (χ2v) is 3.89. The Hall–Kier alpha value is -0.210. The van der Waals surface area contributed by atoms with Gasteiger partial charge in [-0.2, -0.15) is 0 Å². The third kappa shape index (κ3) is 1.78. The zero-order valence-corrected chi connectivity index (χ0v) is 8.34. The van der Waals surface area contributed by atoms with Gasteiger partial charge < -0.3 is 0 Å². The number of hydrogen-bond acceptors (Lipinski definition) is 1. The molecule has 0 saturated carbocycles. The van der Waals surface area contributed by atoms with E-state index in [1.807, 2.05) is 6.08 Å². The molecule has 0 atom stereocenters. The Bertz CT molecular complexity index is 565. The van der Waals surface area contributed by atoms with Gasteiger partial charge in [0, 0.05) is 10.4 Å². The van der Waals surface area contributed by atoms with Gasteiger partial charge in [-0.25, -0.2) is 0 Å². The molecular formula is C13H10CaS. The molecule has 2 heteroatoms. The van der Waals surface area contributed by atoms with E-state index in [1.165, 1.54) is 21.9 Å². The minimum atomic E-state index is 0. The summed E-state index contributed by atoms with van der Waals surface area (Å²) in [6.07, 6.45) is 4.10. The Morgan fingerprint density at radius 1 is 0.867 bits per heavy atom. The molecule has 0 heterocycles. The van der Waals surface area contributed by atoms with Gasteiger partial charge in [-0.05, 0) is 22.4 Å². The van der Waals surface area contributed by atoms with Crippen molar-refractivity contribution in [1.82, 2.24) is 0 Å². The van der Waals surface area contributed by atoms with Crippen molar-refractivity contribution < 1.29 is 0 Å². The van der Waals surface area contributed by atoms with Gasteiger partial charge in [0.15, 0.2) is 0 Å². The van der Waals surface area contributed by atoms with Crippen LogP contribution in [-0.4, -0.2) is 42.6 Å². The Morgan fingerprint density at radius 2 is 1.60 bits per heavy atom. The average molecular weight is 238 g/mol. The Morgan fingerprint density at radius 3 is 2.40 bits per heavy atom. The standard InChI is InChI=1S/C13H8S.Ca.2H/c14-12-8-7-10-4-1-3-9-5-2-6-11(12)13(9)10;;;/h1-8H;;;. The fraction of sp³-hybridized carbons (Fsp3) is 0. The summed E-state index contributed by atoms with van der Waals surface area (Å²) in [5, 5.41) is 2.56. The van der Waals surface area contributed by atoms with Crippen LogP contribution in [0.1, 0.15) is 11.1 Å². The maximum atomic E-state index is 5.31. The van der Waals surface area contributed by atoms with E-state index in [2.05, 4.69) is 42.5 Å². The molecule has 0 spiro atoms. The summed E-state index contributed by atoms with van der Waals surface area (Å²) in [4.78, 5) is 0.939. The first-order valence-corrected chi connectivity index (χ1v) is 5.01. The van der Waals surface area contributed by atoms with E-state index in [0.29, 0.717) is 0 Å². The molecule has 0 amide bonds. The molecule has 1 aliphatic rings. The molecule has 2 aromatic rings. The molecular weight excluding hydrogens is 228 g/mol. The van der Waals surface area contributed by atoms with E-state index in [9.17, 15) is 0 Å².